The van der Waals surface area contributed by atoms with E-state index in [2.05, 4.69) is 73.9 Å². The summed E-state index contributed by atoms with van der Waals surface area (Å²) in [4.78, 5) is 42.8. The van der Waals surface area contributed by atoms with E-state index in [0.29, 0.717) is 50.6 Å². The van der Waals surface area contributed by atoms with Crippen LogP contribution in [-0.2, 0) is 6.54 Å². The predicted octanol–water partition coefficient (Wildman–Crippen LogP) is 6.72. The standard InChI is InChI=1S/C48H57ClN10O5/c1-29(2)36-22-37(40(61)23-39(36)60)41-54-55-46(63)59(41)34-10-7-30(8-11-34)27-56-17-19-57(20-18-56)28-31-13-15-58(16-14-31)45-51-25-33(26-52-45)42(62)53-43-47(3,4)44(48(43,5)6)64-35-12-9-32(24-50)38(49)21-35/h7-12,21-23,25-26,29,31,43-44,60-61H,13-20,27-28H2,1-6H3,(H,53,62)(H,55,63). The molecule has 0 atom stereocenters. The van der Waals surface area contributed by atoms with Crippen LogP contribution in [0.2, 0.25) is 5.02 Å². The first kappa shape index (κ1) is 44.6. The molecule has 0 radical (unpaired) electrons. The van der Waals surface area contributed by atoms with E-state index < -0.39 is 5.69 Å². The maximum Gasteiger partial charge on any atom is 0.348 e. The van der Waals surface area contributed by atoms with Crippen molar-refractivity contribution < 1.29 is 19.7 Å². The van der Waals surface area contributed by atoms with Gasteiger partial charge >= 0.3 is 5.69 Å². The topological polar surface area (TPSA) is 189 Å². The summed E-state index contributed by atoms with van der Waals surface area (Å²) in [5.74, 6) is 1.73. The SMILES string of the molecule is CC(C)c1cc(-c2n[nH]c(=O)n2-c2ccc(CN3CCN(CC4CCN(c5ncc(C(=O)NC6C(C)(C)C(Oc7ccc(C#N)c(Cl)c7)C6(C)C)cn5)CC4)CC3)cc2)c(O)cc1O. The minimum atomic E-state index is -0.415. The Balaban J connectivity index is 0.779. The first-order valence-corrected chi connectivity index (χ1v) is 22.4. The highest BCUT2D eigenvalue weighted by atomic mass is 35.5. The third-order valence-electron chi connectivity index (χ3n) is 13.5. The molecule has 336 valence electrons. The smallest absolute Gasteiger partial charge is 0.348 e. The van der Waals surface area contributed by atoms with E-state index in [-0.39, 0.29) is 52.1 Å². The number of nitriles is 1. The zero-order chi connectivity index (χ0) is 45.5. The molecule has 1 saturated carbocycles. The normalized spacial score (nSPS) is 20.1. The van der Waals surface area contributed by atoms with E-state index in [4.69, 9.17) is 16.3 Å². The van der Waals surface area contributed by atoms with Crippen LogP contribution in [0, 0.1) is 28.1 Å². The number of hydrogen-bond donors (Lipinski definition) is 4. The van der Waals surface area contributed by atoms with E-state index in [1.54, 1.807) is 36.7 Å². The fourth-order valence-electron chi connectivity index (χ4n) is 10.2. The van der Waals surface area contributed by atoms with Gasteiger partial charge in [0.15, 0.2) is 5.82 Å². The minimum Gasteiger partial charge on any atom is -0.508 e. The summed E-state index contributed by atoms with van der Waals surface area (Å²) in [5, 5.41) is 40.5. The van der Waals surface area contributed by atoms with Crippen LogP contribution in [0.25, 0.3) is 17.1 Å². The Morgan fingerprint density at radius 2 is 1.59 bits per heavy atom. The number of nitrogens with one attached hydrogen (secondary N) is 2. The van der Waals surface area contributed by atoms with E-state index in [1.165, 1.54) is 10.6 Å². The molecule has 2 saturated heterocycles. The zero-order valence-corrected chi connectivity index (χ0v) is 38.1. The number of carbonyl (C=O) groups is 1. The van der Waals surface area contributed by atoms with Crippen LogP contribution < -0.4 is 20.6 Å². The largest absolute Gasteiger partial charge is 0.508 e. The maximum absolute atomic E-state index is 13.5. The van der Waals surface area contributed by atoms with Crippen molar-refractivity contribution >= 4 is 23.5 Å². The first-order chi connectivity index (χ1) is 30.5. The number of aromatic hydroxyl groups is 2. The van der Waals surface area contributed by atoms with E-state index in [1.807, 2.05) is 38.1 Å². The Hall–Kier alpha value is -5.95. The number of aromatic nitrogens is 5. The lowest BCUT2D eigenvalue weighted by molar-refractivity contribution is -0.164. The summed E-state index contributed by atoms with van der Waals surface area (Å²) in [7, 11) is 0. The van der Waals surface area contributed by atoms with E-state index in [0.717, 1.165) is 70.8 Å². The Bertz CT molecular complexity index is 2570. The molecule has 8 rings (SSSR count). The number of benzene rings is 3. The monoisotopic (exact) mass is 888 g/mol. The predicted molar refractivity (Wildman–Crippen MR) is 245 cm³/mol. The highest BCUT2D eigenvalue weighted by Gasteiger charge is 2.64. The minimum absolute atomic E-state index is 0.00170. The average molecular weight is 890 g/mol. The number of hydrogen-bond acceptors (Lipinski definition) is 12. The zero-order valence-electron chi connectivity index (χ0n) is 37.3. The Kier molecular flexibility index (Phi) is 12.5. The van der Waals surface area contributed by atoms with Gasteiger partial charge in [-0.25, -0.2) is 24.4 Å². The van der Waals surface area contributed by atoms with Crippen LogP contribution in [0.3, 0.4) is 0 Å². The summed E-state index contributed by atoms with van der Waals surface area (Å²) in [6.07, 6.45) is 5.14. The van der Waals surface area contributed by atoms with Gasteiger partial charge in [0.05, 0.1) is 27.4 Å². The number of ether oxygens (including phenoxy) is 1. The van der Waals surface area contributed by atoms with Gasteiger partial charge in [0, 0.05) is 93.8 Å². The van der Waals surface area contributed by atoms with Gasteiger partial charge < -0.3 is 30.1 Å². The van der Waals surface area contributed by atoms with Crippen LogP contribution in [0.1, 0.15) is 87.4 Å². The van der Waals surface area contributed by atoms with Crippen molar-refractivity contribution in [3.63, 3.8) is 0 Å². The molecule has 64 heavy (non-hydrogen) atoms. The molecule has 4 heterocycles. The molecular formula is C48H57ClN10O5. The molecule has 3 aromatic carbocycles. The molecule has 1 aliphatic carbocycles. The second-order valence-corrected chi connectivity index (χ2v) is 19.4. The maximum atomic E-state index is 13.5. The summed E-state index contributed by atoms with van der Waals surface area (Å²) in [6.45, 7) is 19.7. The van der Waals surface area contributed by atoms with Gasteiger partial charge in [0.25, 0.3) is 5.91 Å². The van der Waals surface area contributed by atoms with Crippen molar-refractivity contribution in [1.29, 1.82) is 5.26 Å². The molecule has 4 N–H and O–H groups in total. The number of carbonyl (C=O) groups excluding carboxylic acids is 1. The van der Waals surface area contributed by atoms with Gasteiger partial charge in [-0.05, 0) is 66.1 Å². The van der Waals surface area contributed by atoms with Crippen molar-refractivity contribution in [3.8, 4) is 40.4 Å². The third-order valence-corrected chi connectivity index (χ3v) is 13.8. The molecule has 16 heteroatoms. The number of halogens is 1. The lowest BCUT2D eigenvalue weighted by Crippen LogP contribution is -2.74. The second kappa shape index (κ2) is 17.9. The van der Waals surface area contributed by atoms with Gasteiger partial charge in [-0.15, -0.1) is 0 Å². The average Bonchev–Trinajstić information content (AvgIpc) is 3.66. The molecule has 15 nitrogen and oxygen atoms in total. The number of phenolic OH excluding ortho intramolecular Hbond substituents is 2. The number of aromatic amines is 1. The lowest BCUT2D eigenvalue weighted by Gasteiger charge is -2.63. The molecule has 3 aliphatic rings. The van der Waals surface area contributed by atoms with E-state index in [9.17, 15) is 25.1 Å². The number of amides is 1. The third kappa shape index (κ3) is 8.91. The van der Waals surface area contributed by atoms with Crippen molar-refractivity contribution in [2.45, 2.75) is 79.0 Å². The van der Waals surface area contributed by atoms with Crippen LogP contribution >= 0.6 is 11.6 Å². The molecular weight excluding hydrogens is 832 g/mol. The molecule has 0 spiro atoms. The quantitative estimate of drug-likeness (QED) is 0.104. The molecule has 3 fully saturated rings. The summed E-state index contributed by atoms with van der Waals surface area (Å²) in [6, 6.07) is 17.8. The second-order valence-electron chi connectivity index (χ2n) is 19.0. The van der Waals surface area contributed by atoms with Crippen molar-refractivity contribution in [1.82, 2.24) is 39.8 Å². The summed E-state index contributed by atoms with van der Waals surface area (Å²) in [5.41, 5.74) is 2.43. The number of H-pyrrole nitrogens is 1. The molecule has 0 bridgehead atoms. The highest BCUT2D eigenvalue weighted by Crippen LogP contribution is 2.55. The van der Waals surface area contributed by atoms with Crippen molar-refractivity contribution in [2.24, 2.45) is 16.7 Å². The van der Waals surface area contributed by atoms with Gasteiger partial charge in [-0.2, -0.15) is 10.4 Å². The van der Waals surface area contributed by atoms with Crippen LogP contribution in [-0.4, -0.2) is 109 Å². The van der Waals surface area contributed by atoms with Crippen LogP contribution in [0.15, 0.2) is 71.8 Å². The lowest BCUT2D eigenvalue weighted by atomic mass is 9.49. The fraction of sp³-hybridized carbons (Fsp3) is 0.458. The number of rotatable bonds is 12. The Morgan fingerprint density at radius 1 is 0.938 bits per heavy atom. The molecule has 2 aromatic heterocycles. The fourth-order valence-corrected chi connectivity index (χ4v) is 10.4. The molecule has 0 unspecified atom stereocenters. The van der Waals surface area contributed by atoms with Gasteiger partial charge in [0.1, 0.15) is 29.4 Å². The first-order valence-electron chi connectivity index (χ1n) is 22.0. The number of anilines is 1. The molecule has 5 aromatic rings. The number of piperidine rings is 1. The molecule has 2 aliphatic heterocycles. The van der Waals surface area contributed by atoms with Gasteiger partial charge in [-0.1, -0.05) is 65.3 Å². The van der Waals surface area contributed by atoms with Crippen LogP contribution in [0.5, 0.6) is 17.2 Å². The highest BCUT2D eigenvalue weighted by molar-refractivity contribution is 6.31. The number of nitrogens with zero attached hydrogens (tertiary/aromatic N) is 8. The Morgan fingerprint density at radius 3 is 2.22 bits per heavy atom. The molecule has 1 amide bonds. The van der Waals surface area contributed by atoms with E-state index >= 15 is 0 Å². The number of phenols is 2. The summed E-state index contributed by atoms with van der Waals surface area (Å²) >= 11 is 6.25. The Labute approximate surface area is 378 Å². The summed E-state index contributed by atoms with van der Waals surface area (Å²) < 4.78 is 7.82. The van der Waals surface area contributed by atoms with Gasteiger partial charge in [0.2, 0.25) is 5.95 Å². The van der Waals surface area contributed by atoms with Crippen molar-refractivity contribution in [3.05, 3.63) is 105 Å². The van der Waals surface area contributed by atoms with Crippen LogP contribution in [0.4, 0.5) is 5.95 Å². The van der Waals surface area contributed by atoms with Gasteiger partial charge in [-0.3, -0.25) is 9.69 Å². The van der Waals surface area contributed by atoms with Crippen molar-refractivity contribution in [2.75, 3.05) is 50.7 Å². The number of piperazine rings is 1.